The monoisotopic (exact) mass is 373 g/mol. The molecule has 1 heterocycles. The van der Waals surface area contributed by atoms with Gasteiger partial charge in [-0.25, -0.2) is 0 Å². The minimum Gasteiger partial charge on any atom is -0.327 e. The second-order valence-electron chi connectivity index (χ2n) is 5.14. The molecule has 1 aliphatic rings. The van der Waals surface area contributed by atoms with Gasteiger partial charge in [-0.15, -0.1) is 0 Å². The van der Waals surface area contributed by atoms with E-state index < -0.39 is 0 Å². The van der Waals surface area contributed by atoms with Crippen molar-refractivity contribution in [1.82, 2.24) is 4.90 Å². The van der Waals surface area contributed by atoms with E-state index in [0.29, 0.717) is 6.54 Å². The topological polar surface area (TPSA) is 58.4 Å². The molecule has 1 aliphatic heterocycles. The van der Waals surface area contributed by atoms with Gasteiger partial charge in [0.2, 0.25) is 5.91 Å². The molecule has 1 atom stereocenters. The highest BCUT2D eigenvalue weighted by Crippen LogP contribution is 2.17. The third-order valence-corrected chi connectivity index (χ3v) is 4.04. The summed E-state index contributed by atoms with van der Waals surface area (Å²) in [6, 6.07) is 6.23. The Morgan fingerprint density at radius 3 is 3.05 bits per heavy atom. The summed E-state index contributed by atoms with van der Waals surface area (Å²) in [7, 11) is 0. The van der Waals surface area contributed by atoms with Gasteiger partial charge in [-0.05, 0) is 72.7 Å². The maximum Gasteiger partial charge on any atom is 0.238 e. The molecule has 1 aromatic rings. The van der Waals surface area contributed by atoms with Gasteiger partial charge >= 0.3 is 0 Å². The number of amides is 1. The van der Waals surface area contributed by atoms with Crippen molar-refractivity contribution in [3.63, 3.8) is 0 Å². The van der Waals surface area contributed by atoms with Crippen molar-refractivity contribution >= 4 is 34.2 Å². The van der Waals surface area contributed by atoms with Crippen LogP contribution in [0, 0.1) is 10.5 Å². The zero-order valence-electron chi connectivity index (χ0n) is 11.2. The van der Waals surface area contributed by atoms with E-state index in [-0.39, 0.29) is 11.9 Å². The summed E-state index contributed by atoms with van der Waals surface area (Å²) in [5.74, 6) is 0.0402. The Bertz CT molecular complexity index is 464. The van der Waals surface area contributed by atoms with Gasteiger partial charge in [0, 0.05) is 21.8 Å². The van der Waals surface area contributed by atoms with Crippen molar-refractivity contribution in [2.45, 2.75) is 25.8 Å². The Labute approximate surface area is 127 Å². The van der Waals surface area contributed by atoms with Gasteiger partial charge in [0.1, 0.15) is 0 Å². The third-order valence-electron chi connectivity index (χ3n) is 3.37. The first-order chi connectivity index (χ1) is 9.04. The number of hydrogen-bond acceptors (Lipinski definition) is 3. The molecule has 0 unspecified atom stereocenters. The molecule has 0 spiro atoms. The summed E-state index contributed by atoms with van der Waals surface area (Å²) >= 11 is 2.27. The fraction of sp³-hybridized carbons (Fsp3) is 0.500. The van der Waals surface area contributed by atoms with Crippen molar-refractivity contribution in [2.24, 2.45) is 5.73 Å². The van der Waals surface area contributed by atoms with Gasteiger partial charge in [0.15, 0.2) is 0 Å². The van der Waals surface area contributed by atoms with Crippen LogP contribution >= 0.6 is 22.6 Å². The SMILES string of the molecule is Cc1cc(I)ccc1NC(=O)CN1CCC[C@@H](N)C1. The molecule has 0 radical (unpaired) electrons. The Hall–Kier alpha value is -0.660. The number of carbonyl (C=O) groups is 1. The molecule has 4 nitrogen and oxygen atoms in total. The van der Waals surface area contributed by atoms with E-state index in [1.807, 2.05) is 19.1 Å². The second kappa shape index (κ2) is 6.67. The quantitative estimate of drug-likeness (QED) is 0.797. The van der Waals surface area contributed by atoms with Crippen LogP contribution in [-0.2, 0) is 4.79 Å². The van der Waals surface area contributed by atoms with Crippen molar-refractivity contribution in [3.8, 4) is 0 Å². The Balaban J connectivity index is 1.90. The van der Waals surface area contributed by atoms with Crippen LogP contribution in [0.1, 0.15) is 18.4 Å². The zero-order valence-corrected chi connectivity index (χ0v) is 13.3. The standard InChI is InChI=1S/C14H20IN3O/c1-10-7-11(15)4-5-13(10)17-14(19)9-18-6-2-3-12(16)8-18/h4-5,7,12H,2-3,6,8-9,16H2,1H3,(H,17,19)/t12-/m1/s1. The number of anilines is 1. The molecule has 0 aromatic heterocycles. The molecule has 19 heavy (non-hydrogen) atoms. The maximum atomic E-state index is 12.0. The molecule has 0 bridgehead atoms. The van der Waals surface area contributed by atoms with Gasteiger partial charge in [0.25, 0.3) is 0 Å². The molecule has 1 aromatic carbocycles. The van der Waals surface area contributed by atoms with Crippen LogP contribution in [0.2, 0.25) is 0 Å². The molecule has 1 saturated heterocycles. The average molecular weight is 373 g/mol. The molecule has 3 N–H and O–H groups in total. The van der Waals surface area contributed by atoms with Crippen molar-refractivity contribution in [3.05, 3.63) is 27.3 Å². The van der Waals surface area contributed by atoms with Crippen LogP contribution in [0.5, 0.6) is 0 Å². The first kappa shape index (κ1) is 14.7. The summed E-state index contributed by atoms with van der Waals surface area (Å²) in [5.41, 5.74) is 7.91. The van der Waals surface area contributed by atoms with Crippen LogP contribution in [0.4, 0.5) is 5.69 Å². The van der Waals surface area contributed by atoms with Gasteiger partial charge in [0.05, 0.1) is 6.54 Å². The molecule has 104 valence electrons. The lowest BCUT2D eigenvalue weighted by Crippen LogP contribution is -2.45. The number of benzene rings is 1. The van der Waals surface area contributed by atoms with Gasteiger partial charge in [-0.1, -0.05) is 0 Å². The summed E-state index contributed by atoms with van der Waals surface area (Å²) in [6.07, 6.45) is 2.14. The van der Waals surface area contributed by atoms with E-state index in [4.69, 9.17) is 5.73 Å². The Kier molecular flexibility index (Phi) is 5.18. The minimum absolute atomic E-state index is 0.0402. The first-order valence-corrected chi connectivity index (χ1v) is 7.66. The van der Waals surface area contributed by atoms with Gasteiger partial charge < -0.3 is 11.1 Å². The predicted molar refractivity (Wildman–Crippen MR) is 86.2 cm³/mol. The van der Waals surface area contributed by atoms with Gasteiger partial charge in [-0.2, -0.15) is 0 Å². The normalized spacial score (nSPS) is 20.3. The van der Waals surface area contributed by atoms with Crippen LogP contribution in [0.25, 0.3) is 0 Å². The van der Waals surface area contributed by atoms with Crippen molar-refractivity contribution < 1.29 is 4.79 Å². The molecular weight excluding hydrogens is 353 g/mol. The summed E-state index contributed by atoms with van der Waals surface area (Å²) in [6.45, 7) is 4.22. The lowest BCUT2D eigenvalue weighted by Gasteiger charge is -2.30. The number of nitrogens with zero attached hydrogens (tertiary/aromatic N) is 1. The van der Waals surface area contributed by atoms with Crippen molar-refractivity contribution in [2.75, 3.05) is 25.0 Å². The number of nitrogens with two attached hydrogens (primary N) is 1. The number of hydrogen-bond donors (Lipinski definition) is 2. The fourth-order valence-electron chi connectivity index (χ4n) is 2.40. The van der Waals surface area contributed by atoms with Crippen LogP contribution in [0.3, 0.4) is 0 Å². The summed E-state index contributed by atoms with van der Waals surface area (Å²) in [4.78, 5) is 14.2. The fourth-order valence-corrected chi connectivity index (χ4v) is 3.04. The van der Waals surface area contributed by atoms with E-state index in [2.05, 4.69) is 38.9 Å². The molecule has 1 fully saturated rings. The highest BCUT2D eigenvalue weighted by Gasteiger charge is 2.18. The lowest BCUT2D eigenvalue weighted by atomic mass is 10.1. The van der Waals surface area contributed by atoms with Gasteiger partial charge in [-0.3, -0.25) is 9.69 Å². The number of aryl methyl sites for hydroxylation is 1. The number of likely N-dealkylation sites (tertiary alicyclic amines) is 1. The van der Waals surface area contributed by atoms with Crippen LogP contribution in [0.15, 0.2) is 18.2 Å². The van der Waals surface area contributed by atoms with E-state index in [0.717, 1.165) is 37.2 Å². The largest absolute Gasteiger partial charge is 0.327 e. The van der Waals surface area contributed by atoms with E-state index in [9.17, 15) is 4.79 Å². The number of rotatable bonds is 3. The molecule has 5 heteroatoms. The third kappa shape index (κ3) is 4.43. The molecular formula is C14H20IN3O. The Morgan fingerprint density at radius 1 is 1.58 bits per heavy atom. The molecule has 1 amide bonds. The predicted octanol–water partition coefficient (Wildman–Crippen LogP) is 1.96. The molecule has 0 saturated carbocycles. The van der Waals surface area contributed by atoms with Crippen molar-refractivity contribution in [1.29, 1.82) is 0 Å². The molecule has 0 aliphatic carbocycles. The van der Waals surface area contributed by atoms with E-state index >= 15 is 0 Å². The molecule has 2 rings (SSSR count). The smallest absolute Gasteiger partial charge is 0.238 e. The lowest BCUT2D eigenvalue weighted by molar-refractivity contribution is -0.117. The van der Waals surface area contributed by atoms with E-state index in [1.165, 1.54) is 3.57 Å². The number of nitrogens with one attached hydrogen (secondary N) is 1. The highest BCUT2D eigenvalue weighted by atomic mass is 127. The number of halogens is 1. The highest BCUT2D eigenvalue weighted by molar-refractivity contribution is 14.1. The second-order valence-corrected chi connectivity index (χ2v) is 6.39. The summed E-state index contributed by atoms with van der Waals surface area (Å²) in [5, 5.41) is 2.97. The zero-order chi connectivity index (χ0) is 13.8. The Morgan fingerprint density at radius 2 is 2.37 bits per heavy atom. The van der Waals surface area contributed by atoms with Crippen LogP contribution in [-0.4, -0.2) is 36.5 Å². The average Bonchev–Trinajstić information content (AvgIpc) is 2.33. The number of carbonyl (C=O) groups excluding carboxylic acids is 1. The minimum atomic E-state index is 0.0402. The summed E-state index contributed by atoms with van der Waals surface area (Å²) < 4.78 is 1.18. The maximum absolute atomic E-state index is 12.0. The van der Waals surface area contributed by atoms with Crippen LogP contribution < -0.4 is 11.1 Å². The van der Waals surface area contributed by atoms with E-state index in [1.54, 1.807) is 0 Å². The number of piperidine rings is 1. The first-order valence-electron chi connectivity index (χ1n) is 6.58.